The lowest BCUT2D eigenvalue weighted by Gasteiger charge is -2.14. The van der Waals surface area contributed by atoms with E-state index in [-0.39, 0.29) is 11.3 Å². The molecule has 0 aromatic heterocycles. The van der Waals surface area contributed by atoms with Gasteiger partial charge in [-0.3, -0.25) is 4.79 Å². The molecule has 26 heavy (non-hydrogen) atoms. The van der Waals surface area contributed by atoms with Crippen molar-refractivity contribution in [3.05, 3.63) is 77.4 Å². The summed E-state index contributed by atoms with van der Waals surface area (Å²) in [6.45, 7) is 0. The summed E-state index contributed by atoms with van der Waals surface area (Å²) in [6.07, 6.45) is -4.70. The number of carboxylic acid groups (broad SMARTS) is 1. The number of anilines is 1. The zero-order valence-corrected chi connectivity index (χ0v) is 13.2. The Morgan fingerprint density at radius 2 is 1.42 bits per heavy atom. The molecule has 7 heteroatoms. The van der Waals surface area contributed by atoms with Crippen LogP contribution < -0.4 is 5.32 Å². The highest BCUT2D eigenvalue weighted by Gasteiger charge is 2.35. The molecule has 0 aliphatic rings. The number of carbonyl (C=O) groups is 2. The van der Waals surface area contributed by atoms with Gasteiger partial charge in [0.25, 0.3) is 5.91 Å². The highest BCUT2D eigenvalue weighted by atomic mass is 19.4. The summed E-state index contributed by atoms with van der Waals surface area (Å²) >= 11 is 0. The van der Waals surface area contributed by atoms with Crippen LogP contribution in [0.25, 0.3) is 10.8 Å². The summed E-state index contributed by atoms with van der Waals surface area (Å²) in [6, 6.07) is 14.0. The summed E-state index contributed by atoms with van der Waals surface area (Å²) in [5.41, 5.74) is -1.95. The first-order valence-corrected chi connectivity index (χ1v) is 7.51. The van der Waals surface area contributed by atoms with Crippen molar-refractivity contribution >= 4 is 28.3 Å². The molecule has 1 amide bonds. The Kier molecular flexibility index (Phi) is 4.38. The van der Waals surface area contributed by atoms with Crippen LogP contribution in [0.2, 0.25) is 0 Å². The van der Waals surface area contributed by atoms with Crippen LogP contribution in [0.15, 0.2) is 60.7 Å². The summed E-state index contributed by atoms with van der Waals surface area (Å²) in [7, 11) is 0. The molecule has 3 aromatic rings. The van der Waals surface area contributed by atoms with Crippen LogP contribution >= 0.6 is 0 Å². The number of amides is 1. The molecular weight excluding hydrogens is 347 g/mol. The number of hydrogen-bond donors (Lipinski definition) is 2. The predicted molar refractivity (Wildman–Crippen MR) is 90.3 cm³/mol. The van der Waals surface area contributed by atoms with E-state index in [1.165, 1.54) is 24.3 Å². The van der Waals surface area contributed by atoms with E-state index in [1.807, 2.05) is 0 Å². The van der Waals surface area contributed by atoms with Crippen molar-refractivity contribution in [2.75, 3.05) is 5.32 Å². The average molecular weight is 359 g/mol. The summed E-state index contributed by atoms with van der Waals surface area (Å²) in [4.78, 5) is 23.9. The molecule has 0 aliphatic heterocycles. The quantitative estimate of drug-likeness (QED) is 0.705. The molecule has 2 N–H and O–H groups in total. The first kappa shape index (κ1) is 17.5. The normalized spacial score (nSPS) is 11.3. The second kappa shape index (κ2) is 6.51. The minimum Gasteiger partial charge on any atom is -0.478 e. The number of rotatable bonds is 3. The van der Waals surface area contributed by atoms with Crippen molar-refractivity contribution in [2.45, 2.75) is 6.18 Å². The van der Waals surface area contributed by atoms with Gasteiger partial charge < -0.3 is 10.4 Å². The summed E-state index contributed by atoms with van der Waals surface area (Å²) < 4.78 is 39.3. The molecule has 4 nitrogen and oxygen atoms in total. The number of benzene rings is 3. The zero-order chi connectivity index (χ0) is 18.9. The molecule has 0 spiro atoms. The molecule has 3 aromatic carbocycles. The number of alkyl halides is 3. The van der Waals surface area contributed by atoms with E-state index in [9.17, 15) is 27.9 Å². The fourth-order valence-corrected chi connectivity index (χ4v) is 2.64. The van der Waals surface area contributed by atoms with Crippen molar-refractivity contribution in [1.29, 1.82) is 0 Å². The van der Waals surface area contributed by atoms with Crippen LogP contribution in [0, 0.1) is 0 Å². The Morgan fingerprint density at radius 3 is 2.04 bits per heavy atom. The van der Waals surface area contributed by atoms with Crippen LogP contribution in [-0.2, 0) is 6.18 Å². The standard InChI is InChI=1S/C19H12F3NO3/c20-19(21,22)15-8-4-3-7-13(15)17(24)23-16-10-12-6-2-1-5-11(12)9-14(16)18(25)26/h1-10H,(H,23,24)(H,25,26). The van der Waals surface area contributed by atoms with Gasteiger partial charge in [-0.2, -0.15) is 13.2 Å². The van der Waals surface area contributed by atoms with Gasteiger partial charge in [0.05, 0.1) is 22.4 Å². The van der Waals surface area contributed by atoms with Crippen LogP contribution in [-0.4, -0.2) is 17.0 Å². The lowest BCUT2D eigenvalue weighted by Crippen LogP contribution is -2.20. The molecule has 0 saturated heterocycles. The van der Waals surface area contributed by atoms with Crippen LogP contribution in [0.4, 0.5) is 18.9 Å². The van der Waals surface area contributed by atoms with Crippen molar-refractivity contribution in [3.63, 3.8) is 0 Å². The van der Waals surface area contributed by atoms with Gasteiger partial charge >= 0.3 is 12.1 Å². The molecule has 0 aliphatic carbocycles. The summed E-state index contributed by atoms with van der Waals surface area (Å²) in [5.74, 6) is -2.33. The number of nitrogens with one attached hydrogen (secondary N) is 1. The SMILES string of the molecule is O=C(O)c1cc2ccccc2cc1NC(=O)c1ccccc1C(F)(F)F. The topological polar surface area (TPSA) is 66.4 Å². The Labute approximate surface area is 145 Å². The molecule has 0 saturated carbocycles. The maximum absolute atomic E-state index is 13.1. The Balaban J connectivity index is 2.05. The lowest BCUT2D eigenvalue weighted by molar-refractivity contribution is -0.137. The smallest absolute Gasteiger partial charge is 0.417 e. The zero-order valence-electron chi connectivity index (χ0n) is 13.2. The predicted octanol–water partition coefficient (Wildman–Crippen LogP) is 4.81. The van der Waals surface area contributed by atoms with Gasteiger partial charge in [0.15, 0.2) is 0 Å². The van der Waals surface area contributed by atoms with Crippen molar-refractivity contribution < 1.29 is 27.9 Å². The molecular formula is C19H12F3NO3. The minimum atomic E-state index is -4.70. The van der Waals surface area contributed by atoms with Gasteiger partial charge in [0.1, 0.15) is 0 Å². The van der Waals surface area contributed by atoms with Gasteiger partial charge in [-0.1, -0.05) is 36.4 Å². The van der Waals surface area contributed by atoms with Gasteiger partial charge in [-0.15, -0.1) is 0 Å². The van der Waals surface area contributed by atoms with Crippen LogP contribution in [0.1, 0.15) is 26.3 Å². The Bertz CT molecular complexity index is 1010. The van der Waals surface area contributed by atoms with Crippen molar-refractivity contribution in [2.24, 2.45) is 0 Å². The third-order valence-electron chi connectivity index (χ3n) is 3.84. The van der Waals surface area contributed by atoms with E-state index in [1.54, 1.807) is 24.3 Å². The number of carbonyl (C=O) groups excluding carboxylic acids is 1. The maximum atomic E-state index is 13.1. The monoisotopic (exact) mass is 359 g/mol. The fraction of sp³-hybridized carbons (Fsp3) is 0.0526. The highest BCUT2D eigenvalue weighted by molar-refractivity contribution is 6.10. The third-order valence-corrected chi connectivity index (χ3v) is 3.84. The van der Waals surface area contributed by atoms with E-state index in [0.717, 1.165) is 12.1 Å². The van der Waals surface area contributed by atoms with E-state index in [2.05, 4.69) is 5.32 Å². The first-order valence-electron chi connectivity index (χ1n) is 7.51. The van der Waals surface area contributed by atoms with Crippen molar-refractivity contribution in [3.8, 4) is 0 Å². The largest absolute Gasteiger partial charge is 0.478 e. The van der Waals surface area contributed by atoms with E-state index >= 15 is 0 Å². The van der Waals surface area contributed by atoms with Gasteiger partial charge in [-0.05, 0) is 35.0 Å². The number of carboxylic acids is 1. The Morgan fingerprint density at radius 1 is 0.846 bits per heavy atom. The Hall–Kier alpha value is -3.35. The van der Waals surface area contributed by atoms with E-state index in [4.69, 9.17) is 0 Å². The molecule has 3 rings (SSSR count). The second-order valence-corrected chi connectivity index (χ2v) is 5.55. The van der Waals surface area contributed by atoms with Crippen LogP contribution in [0.3, 0.4) is 0 Å². The van der Waals surface area contributed by atoms with E-state index in [0.29, 0.717) is 10.8 Å². The molecule has 0 fully saturated rings. The number of aromatic carboxylic acids is 1. The van der Waals surface area contributed by atoms with Gasteiger partial charge in [-0.25, -0.2) is 4.79 Å². The van der Waals surface area contributed by atoms with E-state index < -0.39 is 29.2 Å². The fourth-order valence-electron chi connectivity index (χ4n) is 2.64. The van der Waals surface area contributed by atoms with Crippen LogP contribution in [0.5, 0.6) is 0 Å². The highest BCUT2D eigenvalue weighted by Crippen LogP contribution is 2.32. The molecule has 0 bridgehead atoms. The molecule has 0 radical (unpaired) electrons. The lowest BCUT2D eigenvalue weighted by atomic mass is 10.0. The number of hydrogen-bond acceptors (Lipinski definition) is 2. The maximum Gasteiger partial charge on any atom is 0.417 e. The molecule has 132 valence electrons. The molecule has 0 atom stereocenters. The van der Waals surface area contributed by atoms with Gasteiger partial charge in [0.2, 0.25) is 0 Å². The molecule has 0 heterocycles. The summed E-state index contributed by atoms with van der Waals surface area (Å²) in [5, 5.41) is 12.9. The number of fused-ring (bicyclic) bond motifs is 1. The second-order valence-electron chi connectivity index (χ2n) is 5.55. The first-order chi connectivity index (χ1) is 12.3. The van der Waals surface area contributed by atoms with Crippen molar-refractivity contribution in [1.82, 2.24) is 0 Å². The molecule has 0 unspecified atom stereocenters. The third kappa shape index (κ3) is 3.37. The minimum absolute atomic E-state index is 0.0711. The average Bonchev–Trinajstić information content (AvgIpc) is 2.60. The van der Waals surface area contributed by atoms with Gasteiger partial charge in [0, 0.05) is 0 Å². The number of halogens is 3.